The minimum absolute atomic E-state index is 0.0773. The van der Waals surface area contributed by atoms with Crippen LogP contribution in [0, 0.1) is 16.7 Å². The molecule has 1 unspecified atom stereocenters. The summed E-state index contributed by atoms with van der Waals surface area (Å²) in [6.45, 7) is 2.47. The first-order valence-corrected chi connectivity index (χ1v) is 6.04. The highest BCUT2D eigenvalue weighted by Crippen LogP contribution is 2.30. The molecule has 1 atom stereocenters. The number of amides is 1. The molecule has 2 fully saturated rings. The van der Waals surface area contributed by atoms with Gasteiger partial charge in [0, 0.05) is 19.6 Å². The third kappa shape index (κ3) is 2.15. The summed E-state index contributed by atoms with van der Waals surface area (Å²) in [4.78, 5) is 16.3. The van der Waals surface area contributed by atoms with Gasteiger partial charge in [0.15, 0.2) is 5.41 Å². The van der Waals surface area contributed by atoms with Crippen LogP contribution in [0.15, 0.2) is 0 Å². The highest BCUT2D eigenvalue weighted by atomic mass is 16.5. The molecular weight excluding hydrogens is 218 g/mol. The number of ether oxygens (including phenoxy) is 1. The van der Waals surface area contributed by atoms with Gasteiger partial charge < -0.3 is 14.5 Å². The maximum absolute atomic E-state index is 12.3. The Morgan fingerprint density at radius 2 is 2.29 bits per heavy atom. The first-order valence-electron chi connectivity index (χ1n) is 6.04. The molecule has 2 saturated heterocycles. The molecule has 0 saturated carbocycles. The summed E-state index contributed by atoms with van der Waals surface area (Å²) in [5.74, 6) is -0.0773. The van der Waals surface area contributed by atoms with Crippen molar-refractivity contribution in [2.45, 2.75) is 18.9 Å². The van der Waals surface area contributed by atoms with Gasteiger partial charge in [-0.05, 0) is 26.4 Å². The van der Waals surface area contributed by atoms with E-state index in [1.165, 1.54) is 0 Å². The van der Waals surface area contributed by atoms with Crippen LogP contribution in [0.5, 0.6) is 0 Å². The smallest absolute Gasteiger partial charge is 0.247 e. The summed E-state index contributed by atoms with van der Waals surface area (Å²) >= 11 is 0. The quantitative estimate of drug-likeness (QED) is 0.682. The molecule has 0 aromatic carbocycles. The number of piperidine rings is 1. The Morgan fingerprint density at radius 1 is 1.59 bits per heavy atom. The average molecular weight is 237 g/mol. The number of hydrogen-bond acceptors (Lipinski definition) is 4. The van der Waals surface area contributed by atoms with Gasteiger partial charge in [-0.15, -0.1) is 0 Å². The van der Waals surface area contributed by atoms with E-state index in [9.17, 15) is 4.79 Å². The van der Waals surface area contributed by atoms with Crippen molar-refractivity contribution < 1.29 is 9.53 Å². The lowest BCUT2D eigenvalue weighted by Crippen LogP contribution is -2.57. The summed E-state index contributed by atoms with van der Waals surface area (Å²) in [6.07, 6.45) is 2.13. The Kier molecular flexibility index (Phi) is 3.36. The number of likely N-dealkylation sites (tertiary alicyclic amines) is 1. The zero-order chi connectivity index (χ0) is 12.5. The first kappa shape index (κ1) is 12.3. The lowest BCUT2D eigenvalue weighted by Gasteiger charge is -2.41. The van der Waals surface area contributed by atoms with Gasteiger partial charge in [-0.2, -0.15) is 5.26 Å². The van der Waals surface area contributed by atoms with Crippen molar-refractivity contribution in [3.63, 3.8) is 0 Å². The van der Waals surface area contributed by atoms with Crippen LogP contribution >= 0.6 is 0 Å². The molecule has 2 rings (SSSR count). The summed E-state index contributed by atoms with van der Waals surface area (Å²) < 4.78 is 5.03. The molecule has 2 heterocycles. The number of carbonyl (C=O) groups is 1. The summed E-state index contributed by atoms with van der Waals surface area (Å²) in [7, 11) is 3.88. The highest BCUT2D eigenvalue weighted by Gasteiger charge is 2.49. The molecule has 0 radical (unpaired) electrons. The molecule has 2 aliphatic heterocycles. The molecular formula is C12H19N3O2. The van der Waals surface area contributed by atoms with Crippen molar-refractivity contribution in [1.29, 1.82) is 5.26 Å². The topological polar surface area (TPSA) is 56.6 Å². The first-order chi connectivity index (χ1) is 8.09. The van der Waals surface area contributed by atoms with E-state index in [0.29, 0.717) is 0 Å². The van der Waals surface area contributed by atoms with Gasteiger partial charge >= 0.3 is 0 Å². The fourth-order valence-electron chi connectivity index (χ4n) is 2.50. The third-order valence-electron chi connectivity index (χ3n) is 3.79. The largest absolute Gasteiger partial charge is 0.377 e. The Morgan fingerprint density at radius 3 is 2.76 bits per heavy atom. The lowest BCUT2D eigenvalue weighted by atomic mass is 9.85. The number of hydrogen-bond donors (Lipinski definition) is 0. The Balaban J connectivity index is 2.02. The molecule has 1 amide bonds. The second kappa shape index (κ2) is 4.63. The Hall–Kier alpha value is -1.12. The van der Waals surface area contributed by atoms with Crippen molar-refractivity contribution in [3.8, 4) is 6.07 Å². The standard InChI is InChI=1S/C12H19N3O2/c1-14-5-3-4-10(6-14)15(2)11(16)12(7-13)8-17-9-12/h10H,3-6,8-9H2,1-2H3. The van der Waals surface area contributed by atoms with Gasteiger partial charge in [0.05, 0.1) is 19.3 Å². The molecule has 5 nitrogen and oxygen atoms in total. The van der Waals surface area contributed by atoms with Gasteiger partial charge in [0.25, 0.3) is 0 Å². The fourth-order valence-corrected chi connectivity index (χ4v) is 2.50. The zero-order valence-electron chi connectivity index (χ0n) is 10.5. The molecule has 0 aliphatic carbocycles. The maximum atomic E-state index is 12.3. The summed E-state index contributed by atoms with van der Waals surface area (Å²) in [6, 6.07) is 2.34. The molecule has 5 heteroatoms. The molecule has 94 valence electrons. The predicted octanol–water partition coefficient (Wildman–Crippen LogP) is 0.0792. The molecule has 2 aliphatic rings. The molecule has 17 heavy (non-hydrogen) atoms. The summed E-state index contributed by atoms with van der Waals surface area (Å²) in [5, 5.41) is 9.12. The number of nitriles is 1. The van der Waals surface area contributed by atoms with Crippen LogP contribution in [0.3, 0.4) is 0 Å². The van der Waals surface area contributed by atoms with E-state index >= 15 is 0 Å². The van der Waals surface area contributed by atoms with Gasteiger partial charge in [-0.1, -0.05) is 0 Å². The number of likely N-dealkylation sites (N-methyl/N-ethyl adjacent to an activating group) is 2. The molecule has 0 aromatic heterocycles. The number of rotatable bonds is 2. The van der Waals surface area contributed by atoms with Crippen LogP contribution in [0.1, 0.15) is 12.8 Å². The average Bonchev–Trinajstić information content (AvgIpc) is 2.27. The molecule has 0 bridgehead atoms. The van der Waals surface area contributed by atoms with Crippen LogP contribution in [-0.4, -0.2) is 62.1 Å². The lowest BCUT2D eigenvalue weighted by molar-refractivity contribution is -0.162. The Bertz CT molecular complexity index is 346. The van der Waals surface area contributed by atoms with Crippen LogP contribution in [0.25, 0.3) is 0 Å². The van der Waals surface area contributed by atoms with Crippen LogP contribution in [0.4, 0.5) is 0 Å². The minimum Gasteiger partial charge on any atom is -0.377 e. The van der Waals surface area contributed by atoms with E-state index in [0.717, 1.165) is 25.9 Å². The number of carbonyl (C=O) groups excluding carboxylic acids is 1. The molecule has 0 N–H and O–H groups in total. The predicted molar refractivity (Wildman–Crippen MR) is 62.2 cm³/mol. The van der Waals surface area contributed by atoms with E-state index in [4.69, 9.17) is 10.00 Å². The van der Waals surface area contributed by atoms with Crippen molar-refractivity contribution in [2.24, 2.45) is 5.41 Å². The van der Waals surface area contributed by atoms with Crippen LogP contribution < -0.4 is 0 Å². The minimum atomic E-state index is -0.912. The fraction of sp³-hybridized carbons (Fsp3) is 0.833. The maximum Gasteiger partial charge on any atom is 0.247 e. The summed E-state index contributed by atoms with van der Waals surface area (Å²) in [5.41, 5.74) is -0.912. The van der Waals surface area contributed by atoms with Crippen molar-refractivity contribution >= 4 is 5.91 Å². The second-order valence-corrected chi connectivity index (χ2v) is 5.16. The van der Waals surface area contributed by atoms with E-state index in [1.54, 1.807) is 4.90 Å². The van der Waals surface area contributed by atoms with Crippen molar-refractivity contribution in [3.05, 3.63) is 0 Å². The Labute approximate surface area is 102 Å². The van der Waals surface area contributed by atoms with Gasteiger partial charge in [0.1, 0.15) is 0 Å². The van der Waals surface area contributed by atoms with E-state index < -0.39 is 5.41 Å². The van der Waals surface area contributed by atoms with Gasteiger partial charge in [-0.25, -0.2) is 0 Å². The number of nitrogens with zero attached hydrogens (tertiary/aromatic N) is 3. The highest BCUT2D eigenvalue weighted by molar-refractivity contribution is 5.86. The molecule has 0 spiro atoms. The monoisotopic (exact) mass is 237 g/mol. The third-order valence-corrected chi connectivity index (χ3v) is 3.79. The van der Waals surface area contributed by atoms with E-state index in [-0.39, 0.29) is 25.2 Å². The van der Waals surface area contributed by atoms with Crippen LogP contribution in [-0.2, 0) is 9.53 Å². The van der Waals surface area contributed by atoms with E-state index in [1.807, 2.05) is 7.05 Å². The molecule has 0 aromatic rings. The van der Waals surface area contributed by atoms with E-state index in [2.05, 4.69) is 18.0 Å². The normalized spacial score (nSPS) is 27.9. The van der Waals surface area contributed by atoms with Gasteiger partial charge in [0.2, 0.25) is 5.91 Å². The van der Waals surface area contributed by atoms with Gasteiger partial charge in [-0.3, -0.25) is 4.79 Å². The SMILES string of the molecule is CN1CCCC(N(C)C(=O)C2(C#N)COC2)C1. The van der Waals surface area contributed by atoms with Crippen molar-refractivity contribution in [1.82, 2.24) is 9.80 Å². The van der Waals surface area contributed by atoms with Crippen molar-refractivity contribution in [2.75, 3.05) is 40.4 Å². The van der Waals surface area contributed by atoms with Crippen LogP contribution in [0.2, 0.25) is 0 Å². The zero-order valence-corrected chi connectivity index (χ0v) is 10.5. The second-order valence-electron chi connectivity index (χ2n) is 5.16.